The molecule has 2 N–H and O–H groups in total. The Bertz CT molecular complexity index is 475. The number of halogens is 1. The minimum atomic E-state index is 0.0380. The van der Waals surface area contributed by atoms with E-state index >= 15 is 0 Å². The molecule has 0 spiro atoms. The number of rotatable bonds is 2. The molecule has 0 aliphatic carbocycles. The van der Waals surface area contributed by atoms with Gasteiger partial charge in [0.05, 0.1) is 10.7 Å². The van der Waals surface area contributed by atoms with Gasteiger partial charge < -0.3 is 10.6 Å². The van der Waals surface area contributed by atoms with Crippen LogP contribution in [-0.2, 0) is 0 Å². The van der Waals surface area contributed by atoms with E-state index in [2.05, 4.69) is 21.9 Å². The van der Waals surface area contributed by atoms with Crippen LogP contribution in [0.3, 0.4) is 0 Å². The van der Waals surface area contributed by atoms with Crippen LogP contribution in [-0.4, -0.2) is 37.1 Å². The van der Waals surface area contributed by atoms with Crippen molar-refractivity contribution >= 4 is 17.3 Å². The van der Waals surface area contributed by atoms with Gasteiger partial charge in [0.1, 0.15) is 0 Å². The summed E-state index contributed by atoms with van der Waals surface area (Å²) in [5.74, 6) is 0. The summed E-state index contributed by atoms with van der Waals surface area (Å²) in [6, 6.07) is 7.03. The monoisotopic (exact) mass is 293 g/mol. The van der Waals surface area contributed by atoms with Crippen LogP contribution in [0.4, 0.5) is 5.69 Å². The molecule has 0 saturated carbocycles. The Hall–Kier alpha value is -0.770. The second-order valence-electron chi connectivity index (χ2n) is 6.13. The van der Waals surface area contributed by atoms with Crippen molar-refractivity contribution in [2.24, 2.45) is 5.73 Å². The molecule has 0 radical (unpaired) electrons. The second-order valence-corrected chi connectivity index (χ2v) is 6.54. The molecule has 3 rings (SSSR count). The Morgan fingerprint density at radius 2 is 2.05 bits per heavy atom. The number of nitrogens with two attached hydrogens (primary N) is 1. The maximum absolute atomic E-state index is 6.49. The maximum atomic E-state index is 6.49. The quantitative estimate of drug-likeness (QED) is 0.910. The van der Waals surface area contributed by atoms with Crippen molar-refractivity contribution in [2.45, 2.75) is 38.3 Å². The fraction of sp³-hybridized carbons (Fsp3) is 0.625. The van der Waals surface area contributed by atoms with Crippen LogP contribution < -0.4 is 10.6 Å². The fourth-order valence-electron chi connectivity index (χ4n) is 3.49. The number of nitrogens with zero attached hydrogens (tertiary/aromatic N) is 2. The lowest BCUT2D eigenvalue weighted by atomic mass is 10.1. The van der Waals surface area contributed by atoms with Crippen LogP contribution in [0.1, 0.15) is 37.8 Å². The SMILES string of the molecule is C[C@H](N)c1ccc(N2CCCN3CCCC3C2)c(Cl)c1. The third-order valence-electron chi connectivity index (χ3n) is 4.64. The van der Waals surface area contributed by atoms with Crippen LogP contribution in [0.2, 0.25) is 5.02 Å². The van der Waals surface area contributed by atoms with Gasteiger partial charge in [-0.15, -0.1) is 0 Å². The van der Waals surface area contributed by atoms with Crippen molar-refractivity contribution in [2.75, 3.05) is 31.1 Å². The third kappa shape index (κ3) is 2.80. The van der Waals surface area contributed by atoms with Crippen molar-refractivity contribution < 1.29 is 0 Å². The highest BCUT2D eigenvalue weighted by atomic mass is 35.5. The molecule has 3 nitrogen and oxygen atoms in total. The molecule has 2 aliphatic rings. The van der Waals surface area contributed by atoms with Gasteiger partial charge >= 0.3 is 0 Å². The van der Waals surface area contributed by atoms with Gasteiger partial charge in [0.25, 0.3) is 0 Å². The zero-order valence-electron chi connectivity index (χ0n) is 12.2. The Balaban J connectivity index is 1.81. The summed E-state index contributed by atoms with van der Waals surface area (Å²) in [5.41, 5.74) is 8.21. The molecule has 2 aliphatic heterocycles. The van der Waals surface area contributed by atoms with Crippen LogP contribution in [0, 0.1) is 0 Å². The van der Waals surface area contributed by atoms with Gasteiger partial charge in [0.2, 0.25) is 0 Å². The molecule has 2 fully saturated rings. The standard InChI is InChI=1S/C16H24ClN3/c1-12(18)13-5-6-16(15(17)10-13)20-9-3-8-19-7-2-4-14(19)11-20/h5-6,10,12,14H,2-4,7-9,11,18H2,1H3/t12-,14?/m0/s1. The highest BCUT2D eigenvalue weighted by molar-refractivity contribution is 6.33. The van der Waals surface area contributed by atoms with Gasteiger partial charge in [0, 0.05) is 31.7 Å². The lowest BCUT2D eigenvalue weighted by Gasteiger charge is -2.28. The van der Waals surface area contributed by atoms with Crippen molar-refractivity contribution in [3.05, 3.63) is 28.8 Å². The molecular formula is C16H24ClN3. The first kappa shape index (κ1) is 14.2. The van der Waals surface area contributed by atoms with E-state index in [0.29, 0.717) is 6.04 Å². The van der Waals surface area contributed by atoms with Crippen molar-refractivity contribution in [3.63, 3.8) is 0 Å². The number of benzene rings is 1. The topological polar surface area (TPSA) is 32.5 Å². The zero-order chi connectivity index (χ0) is 14.1. The molecule has 110 valence electrons. The Morgan fingerprint density at radius 3 is 2.80 bits per heavy atom. The second kappa shape index (κ2) is 5.92. The van der Waals surface area contributed by atoms with Gasteiger partial charge in [-0.05, 0) is 50.4 Å². The zero-order valence-corrected chi connectivity index (χ0v) is 12.9. The largest absolute Gasteiger partial charge is 0.369 e. The summed E-state index contributed by atoms with van der Waals surface area (Å²) in [4.78, 5) is 5.10. The number of hydrogen-bond donors (Lipinski definition) is 1. The summed E-state index contributed by atoms with van der Waals surface area (Å²) in [7, 11) is 0. The van der Waals surface area contributed by atoms with Gasteiger partial charge in [-0.3, -0.25) is 4.90 Å². The lowest BCUT2D eigenvalue weighted by Crippen LogP contribution is -2.36. The van der Waals surface area contributed by atoms with Gasteiger partial charge in [-0.2, -0.15) is 0 Å². The third-order valence-corrected chi connectivity index (χ3v) is 4.94. The number of hydrogen-bond acceptors (Lipinski definition) is 3. The molecule has 0 amide bonds. The van der Waals surface area contributed by atoms with Gasteiger partial charge in [-0.25, -0.2) is 0 Å². The van der Waals surface area contributed by atoms with Crippen molar-refractivity contribution in [1.82, 2.24) is 4.90 Å². The van der Waals surface area contributed by atoms with E-state index in [1.54, 1.807) is 0 Å². The molecule has 2 atom stereocenters. The molecule has 1 aromatic carbocycles. The molecule has 0 bridgehead atoms. The molecule has 0 aromatic heterocycles. The molecule has 2 heterocycles. The predicted molar refractivity (Wildman–Crippen MR) is 85.5 cm³/mol. The molecule has 1 unspecified atom stereocenters. The first-order valence-electron chi connectivity index (χ1n) is 7.69. The van der Waals surface area contributed by atoms with Crippen molar-refractivity contribution in [1.29, 1.82) is 0 Å². The van der Waals surface area contributed by atoms with E-state index in [1.165, 1.54) is 38.0 Å². The highest BCUT2D eigenvalue weighted by Crippen LogP contribution is 2.31. The normalized spacial score (nSPS) is 25.4. The molecular weight excluding hydrogens is 270 g/mol. The van der Waals surface area contributed by atoms with E-state index in [-0.39, 0.29) is 6.04 Å². The van der Waals surface area contributed by atoms with E-state index in [4.69, 9.17) is 17.3 Å². The highest BCUT2D eigenvalue weighted by Gasteiger charge is 2.29. The fourth-order valence-corrected chi connectivity index (χ4v) is 3.80. The van der Waals surface area contributed by atoms with Crippen molar-refractivity contribution in [3.8, 4) is 0 Å². The van der Waals surface area contributed by atoms with Gasteiger partial charge in [0.15, 0.2) is 0 Å². The van der Waals surface area contributed by atoms with E-state index < -0.39 is 0 Å². The minimum absolute atomic E-state index is 0.0380. The summed E-state index contributed by atoms with van der Waals surface area (Å²) >= 11 is 6.49. The van der Waals surface area contributed by atoms with E-state index in [0.717, 1.165) is 23.7 Å². The summed E-state index contributed by atoms with van der Waals surface area (Å²) in [5, 5.41) is 0.839. The Kier molecular flexibility index (Phi) is 4.20. The molecule has 2 saturated heterocycles. The average Bonchev–Trinajstić information content (AvgIpc) is 2.76. The van der Waals surface area contributed by atoms with Gasteiger partial charge in [-0.1, -0.05) is 17.7 Å². The van der Waals surface area contributed by atoms with Crippen LogP contribution in [0.15, 0.2) is 18.2 Å². The maximum Gasteiger partial charge on any atom is 0.0642 e. The first-order valence-corrected chi connectivity index (χ1v) is 8.07. The van der Waals surface area contributed by atoms with Crippen LogP contribution >= 0.6 is 11.6 Å². The molecule has 4 heteroatoms. The van der Waals surface area contributed by atoms with Crippen LogP contribution in [0.25, 0.3) is 0 Å². The first-order chi connectivity index (χ1) is 9.65. The number of fused-ring (bicyclic) bond motifs is 1. The van der Waals surface area contributed by atoms with E-state index in [1.807, 2.05) is 13.0 Å². The predicted octanol–water partition coefficient (Wildman–Crippen LogP) is 3.03. The smallest absolute Gasteiger partial charge is 0.0642 e. The summed E-state index contributed by atoms with van der Waals surface area (Å²) in [6.07, 6.45) is 3.89. The summed E-state index contributed by atoms with van der Waals surface area (Å²) < 4.78 is 0. The van der Waals surface area contributed by atoms with E-state index in [9.17, 15) is 0 Å². The Morgan fingerprint density at radius 1 is 1.25 bits per heavy atom. The molecule has 20 heavy (non-hydrogen) atoms. The Labute approximate surface area is 126 Å². The minimum Gasteiger partial charge on any atom is -0.369 e. The average molecular weight is 294 g/mol. The summed E-state index contributed by atoms with van der Waals surface area (Å²) in [6.45, 7) is 6.71. The van der Waals surface area contributed by atoms with Crippen LogP contribution in [0.5, 0.6) is 0 Å². The lowest BCUT2D eigenvalue weighted by molar-refractivity contribution is 0.273. The number of anilines is 1. The molecule has 1 aromatic rings.